The van der Waals surface area contributed by atoms with Gasteiger partial charge in [0.15, 0.2) is 6.20 Å². The molecular weight excluding hydrogens is 710 g/mol. The average Bonchev–Trinajstić information content (AvgIpc) is 3.08. The molecule has 262 valence electrons. The van der Waals surface area contributed by atoms with E-state index in [2.05, 4.69) is 10.1 Å². The van der Waals surface area contributed by atoms with Gasteiger partial charge in [0.2, 0.25) is 5.69 Å². The van der Waals surface area contributed by atoms with Crippen molar-refractivity contribution in [3.05, 3.63) is 103 Å². The van der Waals surface area contributed by atoms with Gasteiger partial charge in [0, 0.05) is 72.9 Å². The van der Waals surface area contributed by atoms with Crippen molar-refractivity contribution >= 4 is 64.1 Å². The number of hydrogen-bond acceptors (Lipinski definition) is 6. The van der Waals surface area contributed by atoms with Crippen LogP contribution in [0.3, 0.4) is 0 Å². The van der Waals surface area contributed by atoms with E-state index in [4.69, 9.17) is 51.2 Å². The second-order valence-corrected chi connectivity index (χ2v) is 14.1. The normalized spacial score (nSPS) is 16.9. The Morgan fingerprint density at radius 1 is 1.02 bits per heavy atom. The second kappa shape index (κ2) is 17.1. The van der Waals surface area contributed by atoms with Gasteiger partial charge in [-0.3, -0.25) is 4.79 Å². The number of aromatic nitrogens is 1. The highest BCUT2D eigenvalue weighted by Gasteiger charge is 2.34. The maximum atomic E-state index is 13.5. The van der Waals surface area contributed by atoms with E-state index < -0.39 is 0 Å². The first kappa shape index (κ1) is 37.0. The molecule has 14 heteroatoms. The van der Waals surface area contributed by atoms with Crippen LogP contribution in [0.25, 0.3) is 0 Å². The lowest BCUT2D eigenvalue weighted by atomic mass is 9.89. The molecular formula is C35H40Cl4N6O4. The Morgan fingerprint density at radius 3 is 2.43 bits per heavy atom. The number of nitrogens with zero attached hydrogens (tertiary/aromatic N) is 6. The van der Waals surface area contributed by atoms with Crippen LogP contribution < -0.4 is 4.73 Å². The first-order valence-corrected chi connectivity index (χ1v) is 17.8. The van der Waals surface area contributed by atoms with E-state index in [1.807, 2.05) is 23.1 Å². The Kier molecular flexibility index (Phi) is 12.9. The largest absolute Gasteiger partial charge is 0.618 e. The quantitative estimate of drug-likeness (QED) is 0.0863. The predicted molar refractivity (Wildman–Crippen MR) is 194 cm³/mol. The molecule has 1 aromatic heterocycles. The van der Waals surface area contributed by atoms with Crippen LogP contribution in [0.15, 0.2) is 65.9 Å². The van der Waals surface area contributed by atoms with E-state index in [1.165, 1.54) is 13.3 Å². The Bertz CT molecular complexity index is 1650. The van der Waals surface area contributed by atoms with Gasteiger partial charge in [-0.25, -0.2) is 4.79 Å². The fourth-order valence-electron chi connectivity index (χ4n) is 6.63. The fraction of sp³-hybridized carbons (Fsp3) is 0.429. The van der Waals surface area contributed by atoms with Gasteiger partial charge in [0.25, 0.3) is 5.91 Å². The lowest BCUT2D eigenvalue weighted by Crippen LogP contribution is -2.56. The smallest absolute Gasteiger partial charge is 0.320 e. The van der Waals surface area contributed by atoms with Crippen molar-refractivity contribution in [3.63, 3.8) is 0 Å². The zero-order chi connectivity index (χ0) is 35.1. The SMILES string of the molecule is CO/N=C(\CN(C)C(=O)c1cc(Cl)cc(Cl)c1)[C@H](CCN1CCC(N2CCCN(Cc3cccc[n+]3[O-])C2=O)CC1)c1ccc(Cl)c(Cl)c1. The zero-order valence-corrected chi connectivity index (χ0v) is 30.6. The molecule has 3 aromatic rings. The summed E-state index contributed by atoms with van der Waals surface area (Å²) in [6, 6.07) is 15.7. The van der Waals surface area contributed by atoms with E-state index in [0.29, 0.717) is 56.6 Å². The number of amides is 3. The molecule has 3 heterocycles. The summed E-state index contributed by atoms with van der Waals surface area (Å²) >= 11 is 25.1. The summed E-state index contributed by atoms with van der Waals surface area (Å²) < 4.78 is 0.823. The van der Waals surface area contributed by atoms with Crippen molar-refractivity contribution in [1.82, 2.24) is 19.6 Å². The van der Waals surface area contributed by atoms with Crippen molar-refractivity contribution in [1.29, 1.82) is 0 Å². The number of oxime groups is 1. The van der Waals surface area contributed by atoms with Crippen molar-refractivity contribution < 1.29 is 19.2 Å². The lowest BCUT2D eigenvalue weighted by Gasteiger charge is -2.43. The number of pyridine rings is 1. The number of benzene rings is 2. The van der Waals surface area contributed by atoms with Crippen molar-refractivity contribution in [3.8, 4) is 0 Å². The maximum Gasteiger partial charge on any atom is 0.320 e. The Hall–Kier alpha value is -3.28. The number of halogens is 4. The summed E-state index contributed by atoms with van der Waals surface area (Å²) in [5.74, 6) is -0.491. The minimum absolute atomic E-state index is 0.00707. The van der Waals surface area contributed by atoms with Gasteiger partial charge in [-0.05, 0) is 74.2 Å². The van der Waals surface area contributed by atoms with E-state index in [9.17, 15) is 14.8 Å². The van der Waals surface area contributed by atoms with Crippen molar-refractivity contribution in [2.45, 2.75) is 44.2 Å². The van der Waals surface area contributed by atoms with Crippen molar-refractivity contribution in [2.24, 2.45) is 5.16 Å². The Labute approximate surface area is 307 Å². The second-order valence-electron chi connectivity index (χ2n) is 12.4. The van der Waals surface area contributed by atoms with E-state index in [-0.39, 0.29) is 30.4 Å². The Morgan fingerprint density at radius 2 is 1.76 bits per heavy atom. The topological polar surface area (TPSA) is 95.6 Å². The third-order valence-electron chi connectivity index (χ3n) is 9.14. The minimum Gasteiger partial charge on any atom is -0.618 e. The molecule has 3 amide bonds. The molecule has 49 heavy (non-hydrogen) atoms. The maximum absolute atomic E-state index is 13.5. The summed E-state index contributed by atoms with van der Waals surface area (Å²) in [6.07, 6.45) is 4.71. The molecule has 5 rings (SSSR count). The van der Waals surface area contributed by atoms with Crippen LogP contribution in [0.5, 0.6) is 0 Å². The first-order chi connectivity index (χ1) is 23.5. The van der Waals surface area contributed by atoms with Crippen LogP contribution in [0.2, 0.25) is 20.1 Å². The molecule has 0 unspecified atom stereocenters. The average molecular weight is 751 g/mol. The molecule has 2 aromatic carbocycles. The van der Waals surface area contributed by atoms with Crippen LogP contribution in [-0.2, 0) is 11.4 Å². The molecule has 0 N–H and O–H groups in total. The third kappa shape index (κ3) is 9.49. The standard InChI is InChI=1S/C35H40Cl4N6O4/c1-41(34(46)25-18-26(36)21-27(37)19-25)23-33(40-49-2)30(24-7-8-31(38)32(39)20-24)11-17-42-15-9-28(10-16-42)44-13-5-12-43(35(44)47)22-29-6-3-4-14-45(29)48/h3-4,6-8,14,18-21,28,30H,5,9-13,15-17,22-23H2,1-2H3/b40-33+/t30-/m1/s1. The molecule has 2 aliphatic rings. The highest BCUT2D eigenvalue weighted by molar-refractivity contribution is 6.42. The molecule has 2 fully saturated rings. The van der Waals surface area contributed by atoms with Crippen LogP contribution in [0.1, 0.15) is 53.2 Å². The van der Waals surface area contributed by atoms with E-state index in [1.54, 1.807) is 53.2 Å². The van der Waals surface area contributed by atoms with E-state index >= 15 is 0 Å². The summed E-state index contributed by atoms with van der Waals surface area (Å²) in [7, 11) is 3.18. The van der Waals surface area contributed by atoms with Gasteiger partial charge < -0.3 is 29.6 Å². The summed E-state index contributed by atoms with van der Waals surface area (Å²) in [6.45, 7) is 4.24. The van der Waals surface area contributed by atoms with Crippen LogP contribution in [0, 0.1) is 5.21 Å². The van der Waals surface area contributed by atoms with Gasteiger partial charge in [-0.15, -0.1) is 0 Å². The minimum atomic E-state index is -0.259. The number of hydrogen-bond donors (Lipinski definition) is 0. The van der Waals surface area contributed by atoms with Gasteiger partial charge in [-0.1, -0.05) is 57.6 Å². The molecule has 0 saturated carbocycles. The van der Waals surface area contributed by atoms with Crippen LogP contribution in [-0.4, -0.2) is 96.7 Å². The molecule has 0 aliphatic carbocycles. The molecule has 2 saturated heterocycles. The number of piperidine rings is 1. The molecule has 0 radical (unpaired) electrons. The van der Waals surface area contributed by atoms with Gasteiger partial charge in [-0.2, -0.15) is 4.73 Å². The lowest BCUT2D eigenvalue weighted by molar-refractivity contribution is -0.615. The number of rotatable bonds is 12. The van der Waals surface area contributed by atoms with Gasteiger partial charge >= 0.3 is 6.03 Å². The molecule has 10 nitrogen and oxygen atoms in total. The molecule has 1 atom stereocenters. The highest BCUT2D eigenvalue weighted by atomic mass is 35.5. The summed E-state index contributed by atoms with van der Waals surface area (Å²) in [4.78, 5) is 39.9. The predicted octanol–water partition coefficient (Wildman–Crippen LogP) is 6.97. The van der Waals surface area contributed by atoms with Crippen LogP contribution >= 0.6 is 46.4 Å². The summed E-state index contributed by atoms with van der Waals surface area (Å²) in [5.41, 5.74) is 2.49. The van der Waals surface area contributed by atoms with Crippen molar-refractivity contribution in [2.75, 3.05) is 53.4 Å². The first-order valence-electron chi connectivity index (χ1n) is 16.3. The van der Waals surface area contributed by atoms with Gasteiger partial charge in [0.05, 0.1) is 22.3 Å². The number of likely N-dealkylation sites (tertiary alicyclic amines) is 1. The fourth-order valence-corrected chi connectivity index (χ4v) is 7.46. The number of carbonyl (C=O) groups excluding carboxylic acids is 2. The van der Waals surface area contributed by atoms with Gasteiger partial charge in [0.1, 0.15) is 13.7 Å². The summed E-state index contributed by atoms with van der Waals surface area (Å²) in [5, 5.41) is 18.2. The number of carbonyl (C=O) groups is 2. The Balaban J connectivity index is 1.24. The molecule has 2 aliphatic heterocycles. The third-order valence-corrected chi connectivity index (χ3v) is 10.3. The molecule has 0 spiro atoms. The molecule has 0 bridgehead atoms. The monoisotopic (exact) mass is 748 g/mol. The van der Waals surface area contributed by atoms with Crippen LogP contribution in [0.4, 0.5) is 4.79 Å². The highest BCUT2D eigenvalue weighted by Crippen LogP contribution is 2.31. The number of urea groups is 1. The zero-order valence-electron chi connectivity index (χ0n) is 27.5. The van der Waals surface area contributed by atoms with E-state index in [0.717, 1.165) is 55.7 Å².